The molecule has 8 heteroatoms. The van der Waals surface area contributed by atoms with Crippen LogP contribution in [0.5, 0.6) is 0 Å². The number of anilines is 2. The van der Waals surface area contributed by atoms with Crippen molar-refractivity contribution in [2.45, 2.75) is 13.8 Å². The summed E-state index contributed by atoms with van der Waals surface area (Å²) in [7, 11) is 0. The predicted octanol–water partition coefficient (Wildman–Crippen LogP) is 1.36. The number of carbonyl (C=O) groups excluding carboxylic acids is 1. The lowest BCUT2D eigenvalue weighted by Gasteiger charge is -2.28. The van der Waals surface area contributed by atoms with Crippen molar-refractivity contribution < 1.29 is 13.9 Å². The number of rotatable bonds is 6. The van der Waals surface area contributed by atoms with E-state index in [1.54, 1.807) is 19.2 Å². The molecule has 1 fully saturated rings. The number of nitrogens with one attached hydrogen (secondary N) is 2. The van der Waals surface area contributed by atoms with Crippen molar-refractivity contribution in [1.29, 1.82) is 0 Å². The maximum atomic E-state index is 12.1. The molecule has 0 aliphatic carbocycles. The summed E-state index contributed by atoms with van der Waals surface area (Å²) in [6.07, 6.45) is 1.75. The van der Waals surface area contributed by atoms with Crippen LogP contribution in [0.1, 0.15) is 21.9 Å². The van der Waals surface area contributed by atoms with E-state index in [2.05, 4.69) is 25.7 Å². The van der Waals surface area contributed by atoms with Crippen molar-refractivity contribution in [3.05, 3.63) is 35.4 Å². The first kappa shape index (κ1) is 17.2. The zero-order valence-electron chi connectivity index (χ0n) is 14.5. The van der Waals surface area contributed by atoms with E-state index in [-0.39, 0.29) is 5.91 Å². The fourth-order valence-corrected chi connectivity index (χ4v) is 2.76. The van der Waals surface area contributed by atoms with E-state index in [9.17, 15) is 4.79 Å². The van der Waals surface area contributed by atoms with Gasteiger partial charge in [0.15, 0.2) is 5.82 Å². The fourth-order valence-electron chi connectivity index (χ4n) is 2.76. The molecule has 2 aromatic rings. The maximum absolute atomic E-state index is 12.1. The molecule has 1 aliphatic rings. The molecule has 0 saturated carbocycles. The molecule has 1 amide bonds. The number of morpholine rings is 1. The minimum Gasteiger partial charge on any atom is -0.466 e. The highest BCUT2D eigenvalue weighted by molar-refractivity contribution is 5.95. The molecule has 8 nitrogen and oxygen atoms in total. The second kappa shape index (κ2) is 7.98. The van der Waals surface area contributed by atoms with E-state index >= 15 is 0 Å². The Morgan fingerprint density at radius 3 is 2.76 bits per heavy atom. The van der Waals surface area contributed by atoms with Gasteiger partial charge in [-0.2, -0.15) is 5.10 Å². The number of amides is 1. The van der Waals surface area contributed by atoms with Gasteiger partial charge in [0.1, 0.15) is 11.5 Å². The summed E-state index contributed by atoms with van der Waals surface area (Å²) < 4.78 is 10.7. The molecule has 0 spiro atoms. The Balaban J connectivity index is 1.47. The smallest absolute Gasteiger partial charge is 0.254 e. The second-order valence-corrected chi connectivity index (χ2v) is 5.91. The average Bonchev–Trinajstić information content (AvgIpc) is 2.98. The maximum Gasteiger partial charge on any atom is 0.254 e. The van der Waals surface area contributed by atoms with Gasteiger partial charge < -0.3 is 24.7 Å². The standard InChI is InChI=1S/C17H23N5O3/c1-12-9-15(13(2)25-12)17(23)19-4-3-18-16-10-14(11-20-21-16)22-5-7-24-8-6-22/h9-11H,3-8H2,1-2H3,(H,18,21)(H,19,23). The molecule has 1 aliphatic heterocycles. The molecule has 0 atom stereocenters. The summed E-state index contributed by atoms with van der Waals surface area (Å²) in [4.78, 5) is 14.3. The SMILES string of the molecule is Cc1cc(C(=O)NCCNc2cc(N3CCOCC3)cnn2)c(C)o1. The van der Waals surface area contributed by atoms with Gasteiger partial charge in [-0.3, -0.25) is 4.79 Å². The van der Waals surface area contributed by atoms with Gasteiger partial charge in [-0.25, -0.2) is 0 Å². The van der Waals surface area contributed by atoms with Crippen LogP contribution >= 0.6 is 0 Å². The average molecular weight is 345 g/mol. The summed E-state index contributed by atoms with van der Waals surface area (Å²) in [5, 5.41) is 14.2. The zero-order chi connectivity index (χ0) is 17.6. The Morgan fingerprint density at radius 2 is 2.04 bits per heavy atom. The minimum atomic E-state index is -0.135. The normalized spacial score (nSPS) is 14.4. The second-order valence-electron chi connectivity index (χ2n) is 5.91. The third-order valence-electron chi connectivity index (χ3n) is 4.02. The van der Waals surface area contributed by atoms with Gasteiger partial charge in [0.05, 0.1) is 30.7 Å². The lowest BCUT2D eigenvalue weighted by Crippen LogP contribution is -2.36. The fraction of sp³-hybridized carbons (Fsp3) is 0.471. The van der Waals surface area contributed by atoms with E-state index in [1.165, 1.54) is 0 Å². The van der Waals surface area contributed by atoms with Gasteiger partial charge in [0.2, 0.25) is 0 Å². The Labute approximate surface area is 146 Å². The molecule has 3 heterocycles. The van der Waals surface area contributed by atoms with Crippen molar-refractivity contribution in [1.82, 2.24) is 15.5 Å². The summed E-state index contributed by atoms with van der Waals surface area (Å²) in [5.74, 6) is 1.92. The number of ether oxygens (including phenoxy) is 1. The summed E-state index contributed by atoms with van der Waals surface area (Å²) in [6, 6.07) is 3.71. The number of furan rings is 1. The third-order valence-corrected chi connectivity index (χ3v) is 4.02. The Hall–Kier alpha value is -2.61. The van der Waals surface area contributed by atoms with Crippen molar-refractivity contribution >= 4 is 17.4 Å². The topological polar surface area (TPSA) is 92.5 Å². The van der Waals surface area contributed by atoms with Gasteiger partial charge in [-0.1, -0.05) is 0 Å². The molecule has 0 radical (unpaired) electrons. The highest BCUT2D eigenvalue weighted by Gasteiger charge is 2.13. The minimum absolute atomic E-state index is 0.135. The van der Waals surface area contributed by atoms with Crippen molar-refractivity contribution in [2.24, 2.45) is 0 Å². The van der Waals surface area contributed by atoms with E-state index in [0.29, 0.717) is 30.2 Å². The third kappa shape index (κ3) is 4.48. The zero-order valence-corrected chi connectivity index (χ0v) is 14.5. The van der Waals surface area contributed by atoms with Gasteiger partial charge in [-0.05, 0) is 19.9 Å². The monoisotopic (exact) mass is 345 g/mol. The Bertz CT molecular complexity index is 725. The first-order chi connectivity index (χ1) is 12.1. The number of carbonyl (C=O) groups is 1. The summed E-state index contributed by atoms with van der Waals surface area (Å²) in [6.45, 7) is 7.80. The summed E-state index contributed by atoms with van der Waals surface area (Å²) in [5.41, 5.74) is 1.60. The van der Waals surface area contributed by atoms with Crippen molar-refractivity contribution in [3.63, 3.8) is 0 Å². The molecule has 0 bridgehead atoms. The molecular weight excluding hydrogens is 322 g/mol. The Morgan fingerprint density at radius 1 is 1.24 bits per heavy atom. The molecule has 2 N–H and O–H groups in total. The molecule has 134 valence electrons. The van der Waals surface area contributed by atoms with Crippen molar-refractivity contribution in [2.75, 3.05) is 49.6 Å². The van der Waals surface area contributed by atoms with Crippen LogP contribution in [-0.4, -0.2) is 55.5 Å². The van der Waals surface area contributed by atoms with E-state index in [4.69, 9.17) is 9.15 Å². The van der Waals surface area contributed by atoms with Crippen LogP contribution < -0.4 is 15.5 Å². The van der Waals surface area contributed by atoms with Crippen LogP contribution in [0.2, 0.25) is 0 Å². The first-order valence-corrected chi connectivity index (χ1v) is 8.38. The number of nitrogens with zero attached hydrogens (tertiary/aromatic N) is 3. The highest BCUT2D eigenvalue weighted by atomic mass is 16.5. The molecule has 1 saturated heterocycles. The number of hydrogen-bond donors (Lipinski definition) is 2. The van der Waals surface area contributed by atoms with Crippen LogP contribution in [0.3, 0.4) is 0 Å². The molecule has 2 aromatic heterocycles. The van der Waals surface area contributed by atoms with Crippen LogP contribution in [-0.2, 0) is 4.74 Å². The van der Waals surface area contributed by atoms with E-state index in [0.717, 1.165) is 37.8 Å². The number of aryl methyl sites for hydroxylation is 2. The van der Waals surface area contributed by atoms with Gasteiger partial charge >= 0.3 is 0 Å². The summed E-state index contributed by atoms with van der Waals surface area (Å²) >= 11 is 0. The van der Waals surface area contributed by atoms with Crippen LogP contribution in [0.4, 0.5) is 11.5 Å². The molecule has 0 unspecified atom stereocenters. The highest BCUT2D eigenvalue weighted by Crippen LogP contribution is 2.17. The lowest BCUT2D eigenvalue weighted by atomic mass is 10.2. The van der Waals surface area contributed by atoms with E-state index in [1.807, 2.05) is 13.0 Å². The van der Waals surface area contributed by atoms with Gasteiger partial charge in [0, 0.05) is 32.2 Å². The van der Waals surface area contributed by atoms with Crippen LogP contribution in [0, 0.1) is 13.8 Å². The van der Waals surface area contributed by atoms with Gasteiger partial charge in [-0.15, -0.1) is 5.10 Å². The molecule has 3 rings (SSSR count). The van der Waals surface area contributed by atoms with Crippen molar-refractivity contribution in [3.8, 4) is 0 Å². The first-order valence-electron chi connectivity index (χ1n) is 8.38. The predicted molar refractivity (Wildman–Crippen MR) is 94.1 cm³/mol. The number of aromatic nitrogens is 2. The number of hydrogen-bond acceptors (Lipinski definition) is 7. The molecule has 0 aromatic carbocycles. The lowest BCUT2D eigenvalue weighted by molar-refractivity contribution is 0.0953. The van der Waals surface area contributed by atoms with Crippen LogP contribution in [0.25, 0.3) is 0 Å². The Kier molecular flexibility index (Phi) is 5.49. The van der Waals surface area contributed by atoms with Gasteiger partial charge in [0.25, 0.3) is 5.91 Å². The quantitative estimate of drug-likeness (QED) is 0.764. The largest absolute Gasteiger partial charge is 0.466 e. The molecular formula is C17H23N5O3. The van der Waals surface area contributed by atoms with Crippen LogP contribution in [0.15, 0.2) is 22.7 Å². The van der Waals surface area contributed by atoms with E-state index < -0.39 is 0 Å². The molecule has 25 heavy (non-hydrogen) atoms.